The Morgan fingerprint density at radius 3 is 2.65 bits per heavy atom. The second-order valence-corrected chi connectivity index (χ2v) is 5.88. The fraction of sp³-hybridized carbons (Fsp3) is 0.200. The maximum Gasteiger partial charge on any atom is 0.336 e. The first-order chi connectivity index (χ1) is 12.5. The molecule has 0 aliphatic carbocycles. The zero-order chi connectivity index (χ0) is 18.5. The Morgan fingerprint density at radius 1 is 1.15 bits per heavy atom. The molecule has 0 saturated carbocycles. The maximum atomic E-state index is 12.9. The molecule has 1 heterocycles. The van der Waals surface area contributed by atoms with Crippen LogP contribution >= 0.6 is 0 Å². The van der Waals surface area contributed by atoms with E-state index < -0.39 is 11.7 Å². The van der Waals surface area contributed by atoms with Crippen LogP contribution in [0.3, 0.4) is 0 Å². The van der Waals surface area contributed by atoms with Crippen LogP contribution in [0.5, 0.6) is 5.75 Å². The van der Waals surface area contributed by atoms with Gasteiger partial charge in [-0.15, -0.1) is 0 Å². The third-order valence-corrected chi connectivity index (χ3v) is 3.90. The van der Waals surface area contributed by atoms with Gasteiger partial charge in [-0.05, 0) is 49.2 Å². The number of carbonyl (C=O) groups is 1. The van der Waals surface area contributed by atoms with Crippen molar-refractivity contribution in [1.82, 2.24) is 5.32 Å². The summed E-state index contributed by atoms with van der Waals surface area (Å²) < 4.78 is 23.6. The highest BCUT2D eigenvalue weighted by Gasteiger charge is 2.14. The summed E-state index contributed by atoms with van der Waals surface area (Å²) in [7, 11) is 0. The lowest BCUT2D eigenvalue weighted by Gasteiger charge is -2.15. The van der Waals surface area contributed by atoms with Crippen molar-refractivity contribution in [3.05, 3.63) is 76.4 Å². The Kier molecular flexibility index (Phi) is 5.31. The monoisotopic (exact) mass is 355 g/mol. The summed E-state index contributed by atoms with van der Waals surface area (Å²) in [5, 5.41) is 3.55. The van der Waals surface area contributed by atoms with Crippen LogP contribution in [0.25, 0.3) is 11.0 Å². The van der Waals surface area contributed by atoms with Crippen LogP contribution in [0.1, 0.15) is 12.5 Å². The zero-order valence-corrected chi connectivity index (χ0v) is 14.2. The molecule has 6 heteroatoms. The molecule has 1 N–H and O–H groups in total. The average molecular weight is 355 g/mol. The standard InChI is InChI=1S/C20H18FNO4/c1-13(20(24)22-11-10-14-2-6-16(21)7-3-14)25-17-8-4-15-5-9-19(23)26-18(15)12-17/h2-9,12-13H,10-11H2,1H3,(H,22,24). The third kappa shape index (κ3) is 4.47. The number of fused-ring (bicyclic) bond motifs is 1. The van der Waals surface area contributed by atoms with Crippen LogP contribution in [-0.2, 0) is 11.2 Å². The highest BCUT2D eigenvalue weighted by atomic mass is 19.1. The second kappa shape index (κ2) is 7.82. The van der Waals surface area contributed by atoms with Crippen LogP contribution in [0.4, 0.5) is 4.39 Å². The lowest BCUT2D eigenvalue weighted by Crippen LogP contribution is -2.37. The van der Waals surface area contributed by atoms with Crippen molar-refractivity contribution in [3.63, 3.8) is 0 Å². The quantitative estimate of drug-likeness (QED) is 0.690. The summed E-state index contributed by atoms with van der Waals surface area (Å²) in [6, 6.07) is 14.2. The lowest BCUT2D eigenvalue weighted by molar-refractivity contribution is -0.127. The van der Waals surface area contributed by atoms with Crippen molar-refractivity contribution in [2.45, 2.75) is 19.4 Å². The van der Waals surface area contributed by atoms with E-state index in [4.69, 9.17) is 9.15 Å². The van der Waals surface area contributed by atoms with Gasteiger partial charge in [0.05, 0.1) is 0 Å². The second-order valence-electron chi connectivity index (χ2n) is 5.88. The van der Waals surface area contributed by atoms with Gasteiger partial charge in [0.15, 0.2) is 6.10 Å². The van der Waals surface area contributed by atoms with Gasteiger partial charge in [0.25, 0.3) is 5.91 Å². The molecule has 3 rings (SSSR count). The molecule has 0 fully saturated rings. The van der Waals surface area contributed by atoms with Gasteiger partial charge < -0.3 is 14.5 Å². The molecular formula is C20H18FNO4. The molecule has 1 unspecified atom stereocenters. The van der Waals surface area contributed by atoms with Gasteiger partial charge >= 0.3 is 5.63 Å². The number of carbonyl (C=O) groups excluding carboxylic acids is 1. The van der Waals surface area contributed by atoms with Crippen molar-refractivity contribution < 1.29 is 18.3 Å². The number of hydrogen-bond acceptors (Lipinski definition) is 4. The summed E-state index contributed by atoms with van der Waals surface area (Å²) >= 11 is 0. The van der Waals surface area contributed by atoms with E-state index in [0.717, 1.165) is 10.9 Å². The predicted molar refractivity (Wildman–Crippen MR) is 95.7 cm³/mol. The van der Waals surface area contributed by atoms with Crippen LogP contribution in [0.2, 0.25) is 0 Å². The van der Waals surface area contributed by atoms with E-state index in [0.29, 0.717) is 24.3 Å². The first-order valence-corrected chi connectivity index (χ1v) is 8.24. The molecule has 0 aliphatic rings. The van der Waals surface area contributed by atoms with Gasteiger partial charge in [-0.3, -0.25) is 4.79 Å². The number of ether oxygens (including phenoxy) is 1. The molecule has 0 bridgehead atoms. The summed E-state index contributed by atoms with van der Waals surface area (Å²) in [6.45, 7) is 2.06. The molecular weight excluding hydrogens is 337 g/mol. The van der Waals surface area contributed by atoms with Gasteiger partial charge in [0.1, 0.15) is 17.1 Å². The minimum atomic E-state index is -0.712. The van der Waals surface area contributed by atoms with Gasteiger partial charge in [0, 0.05) is 24.1 Å². The number of rotatable bonds is 6. The minimum Gasteiger partial charge on any atom is -0.481 e. The van der Waals surface area contributed by atoms with Crippen LogP contribution in [-0.4, -0.2) is 18.6 Å². The molecule has 0 spiro atoms. The van der Waals surface area contributed by atoms with Crippen LogP contribution < -0.4 is 15.7 Å². The molecule has 5 nitrogen and oxygen atoms in total. The van der Waals surface area contributed by atoms with Crippen molar-refractivity contribution in [3.8, 4) is 5.75 Å². The molecule has 26 heavy (non-hydrogen) atoms. The molecule has 3 aromatic rings. The molecule has 0 saturated heterocycles. The SMILES string of the molecule is CC(Oc1ccc2ccc(=O)oc2c1)C(=O)NCCc1ccc(F)cc1. The van der Waals surface area contributed by atoms with Gasteiger partial charge in [-0.1, -0.05) is 12.1 Å². The minimum absolute atomic E-state index is 0.262. The fourth-order valence-corrected chi connectivity index (χ4v) is 2.50. The number of halogens is 1. The molecule has 2 aromatic carbocycles. The van der Waals surface area contributed by atoms with Crippen molar-refractivity contribution in [2.24, 2.45) is 0 Å². The summed E-state index contributed by atoms with van der Waals surface area (Å²) in [4.78, 5) is 23.4. The van der Waals surface area contributed by atoms with E-state index in [-0.39, 0.29) is 11.7 Å². The number of nitrogens with one attached hydrogen (secondary N) is 1. The van der Waals surface area contributed by atoms with E-state index in [1.807, 2.05) is 0 Å². The Morgan fingerprint density at radius 2 is 1.88 bits per heavy atom. The smallest absolute Gasteiger partial charge is 0.336 e. The van der Waals surface area contributed by atoms with E-state index in [2.05, 4.69) is 5.32 Å². The average Bonchev–Trinajstić information content (AvgIpc) is 2.63. The molecule has 1 amide bonds. The zero-order valence-electron chi connectivity index (χ0n) is 14.2. The summed E-state index contributed by atoms with van der Waals surface area (Å²) in [5.74, 6) is -0.110. The van der Waals surface area contributed by atoms with E-state index in [9.17, 15) is 14.0 Å². The third-order valence-electron chi connectivity index (χ3n) is 3.90. The molecule has 0 aliphatic heterocycles. The van der Waals surface area contributed by atoms with Crippen molar-refractivity contribution >= 4 is 16.9 Å². The van der Waals surface area contributed by atoms with Gasteiger partial charge in [-0.25, -0.2) is 9.18 Å². The molecule has 1 atom stereocenters. The Hall–Kier alpha value is -3.15. The van der Waals surface area contributed by atoms with Crippen molar-refractivity contribution in [2.75, 3.05) is 6.54 Å². The number of amides is 1. The van der Waals surface area contributed by atoms with E-state index in [1.165, 1.54) is 18.2 Å². The van der Waals surface area contributed by atoms with Gasteiger partial charge in [0.2, 0.25) is 0 Å². The molecule has 134 valence electrons. The Bertz CT molecular complexity index is 965. The normalized spacial score (nSPS) is 11.9. The first-order valence-electron chi connectivity index (χ1n) is 8.24. The Balaban J connectivity index is 1.55. The topological polar surface area (TPSA) is 68.5 Å². The van der Waals surface area contributed by atoms with Gasteiger partial charge in [-0.2, -0.15) is 0 Å². The molecule has 1 aromatic heterocycles. The van der Waals surface area contributed by atoms with E-state index in [1.54, 1.807) is 43.3 Å². The molecule has 0 radical (unpaired) electrons. The fourth-order valence-electron chi connectivity index (χ4n) is 2.50. The Labute approximate surface area is 149 Å². The van der Waals surface area contributed by atoms with Crippen LogP contribution in [0, 0.1) is 5.82 Å². The largest absolute Gasteiger partial charge is 0.481 e. The van der Waals surface area contributed by atoms with Crippen molar-refractivity contribution in [1.29, 1.82) is 0 Å². The van der Waals surface area contributed by atoms with Crippen LogP contribution in [0.15, 0.2) is 63.8 Å². The maximum absolute atomic E-state index is 12.9. The number of benzene rings is 2. The highest BCUT2D eigenvalue weighted by molar-refractivity contribution is 5.81. The first kappa shape index (κ1) is 17.7. The predicted octanol–water partition coefficient (Wildman–Crippen LogP) is 3.06. The highest BCUT2D eigenvalue weighted by Crippen LogP contribution is 2.20. The summed E-state index contributed by atoms with van der Waals surface area (Å²) in [5.41, 5.74) is 0.894. The lowest BCUT2D eigenvalue weighted by atomic mass is 10.1. The van der Waals surface area contributed by atoms with E-state index >= 15 is 0 Å². The number of hydrogen-bond donors (Lipinski definition) is 1. The summed E-state index contributed by atoms with van der Waals surface area (Å²) in [6.07, 6.45) is -0.115.